The quantitative estimate of drug-likeness (QED) is 0.833. The second kappa shape index (κ2) is 7.25. The third-order valence-corrected chi connectivity index (χ3v) is 3.90. The summed E-state index contributed by atoms with van der Waals surface area (Å²) in [6, 6.07) is 2.66. The third-order valence-electron chi connectivity index (χ3n) is 3.90. The first kappa shape index (κ1) is 15.5. The highest BCUT2D eigenvalue weighted by atomic mass is 16.5. The standard InChI is InChI=1S/C16H28N2O2/c1-12(2)8-17-9-14-7-15(20-11-14)10-18(4)16-5-6-19-13(16)3/h7,11-13,16-17H,5-6,8-10H2,1-4H3. The van der Waals surface area contributed by atoms with Gasteiger partial charge in [-0.05, 0) is 38.9 Å². The van der Waals surface area contributed by atoms with Gasteiger partial charge in [-0.15, -0.1) is 0 Å². The van der Waals surface area contributed by atoms with Gasteiger partial charge in [0.25, 0.3) is 0 Å². The van der Waals surface area contributed by atoms with Crippen molar-refractivity contribution < 1.29 is 9.15 Å². The maximum Gasteiger partial charge on any atom is 0.118 e. The molecule has 1 aromatic rings. The molecule has 2 unspecified atom stereocenters. The number of rotatable bonds is 7. The predicted octanol–water partition coefficient (Wildman–Crippen LogP) is 2.63. The molecule has 4 heteroatoms. The molecule has 114 valence electrons. The Kier molecular flexibility index (Phi) is 5.64. The van der Waals surface area contributed by atoms with Gasteiger partial charge in [0.15, 0.2) is 0 Å². The minimum Gasteiger partial charge on any atom is -0.468 e. The fourth-order valence-corrected chi connectivity index (χ4v) is 2.77. The van der Waals surface area contributed by atoms with Crippen LogP contribution in [-0.2, 0) is 17.8 Å². The van der Waals surface area contributed by atoms with Gasteiger partial charge in [0.1, 0.15) is 5.76 Å². The molecule has 2 atom stereocenters. The van der Waals surface area contributed by atoms with Crippen LogP contribution in [0, 0.1) is 5.92 Å². The smallest absolute Gasteiger partial charge is 0.118 e. The van der Waals surface area contributed by atoms with Crippen LogP contribution in [0.3, 0.4) is 0 Å². The van der Waals surface area contributed by atoms with Gasteiger partial charge in [-0.25, -0.2) is 0 Å². The summed E-state index contributed by atoms with van der Waals surface area (Å²) in [5.41, 5.74) is 1.23. The molecule has 4 nitrogen and oxygen atoms in total. The SMILES string of the molecule is CC(C)CNCc1coc(CN(C)C2CCOC2C)c1. The van der Waals surface area contributed by atoms with Crippen LogP contribution in [0.15, 0.2) is 16.7 Å². The van der Waals surface area contributed by atoms with Gasteiger partial charge in [-0.1, -0.05) is 13.8 Å². The zero-order valence-corrected chi connectivity index (χ0v) is 13.2. The Morgan fingerprint density at radius 1 is 1.45 bits per heavy atom. The summed E-state index contributed by atoms with van der Waals surface area (Å²) >= 11 is 0. The Morgan fingerprint density at radius 2 is 2.25 bits per heavy atom. The summed E-state index contributed by atoms with van der Waals surface area (Å²) in [6.45, 7) is 10.2. The van der Waals surface area contributed by atoms with E-state index in [1.54, 1.807) is 0 Å². The van der Waals surface area contributed by atoms with Crippen LogP contribution in [0.4, 0.5) is 0 Å². The summed E-state index contributed by atoms with van der Waals surface area (Å²) in [5.74, 6) is 1.71. The predicted molar refractivity (Wildman–Crippen MR) is 80.5 cm³/mol. The van der Waals surface area contributed by atoms with Crippen LogP contribution in [0.5, 0.6) is 0 Å². The van der Waals surface area contributed by atoms with E-state index in [0.717, 1.165) is 38.4 Å². The zero-order chi connectivity index (χ0) is 14.5. The Hall–Kier alpha value is -0.840. The van der Waals surface area contributed by atoms with Crippen molar-refractivity contribution in [1.82, 2.24) is 10.2 Å². The number of likely N-dealkylation sites (N-methyl/N-ethyl adjacent to an activating group) is 1. The molecule has 1 saturated heterocycles. The third kappa shape index (κ3) is 4.33. The van der Waals surface area contributed by atoms with Crippen LogP contribution >= 0.6 is 0 Å². The average Bonchev–Trinajstić information content (AvgIpc) is 2.98. The van der Waals surface area contributed by atoms with Crippen LogP contribution in [-0.4, -0.2) is 37.2 Å². The highest BCUT2D eigenvalue weighted by Crippen LogP contribution is 2.20. The molecule has 1 aliphatic heterocycles. The van der Waals surface area contributed by atoms with Crippen LogP contribution in [0.1, 0.15) is 38.5 Å². The normalized spacial score (nSPS) is 23.1. The minimum absolute atomic E-state index is 0.321. The maximum atomic E-state index is 5.67. The Labute approximate surface area is 122 Å². The first-order valence-corrected chi connectivity index (χ1v) is 7.65. The van der Waals surface area contributed by atoms with Gasteiger partial charge in [-0.3, -0.25) is 4.90 Å². The molecule has 0 amide bonds. The number of hydrogen-bond acceptors (Lipinski definition) is 4. The second-order valence-electron chi connectivity index (χ2n) is 6.29. The molecule has 0 spiro atoms. The molecule has 1 fully saturated rings. The van der Waals surface area contributed by atoms with Gasteiger partial charge in [0.2, 0.25) is 0 Å². The van der Waals surface area contributed by atoms with E-state index in [1.165, 1.54) is 5.56 Å². The summed E-state index contributed by atoms with van der Waals surface area (Å²) in [6.07, 6.45) is 3.30. The van der Waals surface area contributed by atoms with Crippen molar-refractivity contribution in [3.63, 3.8) is 0 Å². The second-order valence-corrected chi connectivity index (χ2v) is 6.29. The van der Waals surface area contributed by atoms with E-state index >= 15 is 0 Å². The highest BCUT2D eigenvalue weighted by Gasteiger charge is 2.28. The molecule has 0 saturated carbocycles. The van der Waals surface area contributed by atoms with Crippen molar-refractivity contribution in [2.24, 2.45) is 5.92 Å². The topological polar surface area (TPSA) is 37.6 Å². The Balaban J connectivity index is 1.80. The molecule has 2 heterocycles. The summed E-state index contributed by atoms with van der Waals surface area (Å²) in [5, 5.41) is 3.44. The number of hydrogen-bond donors (Lipinski definition) is 1. The summed E-state index contributed by atoms with van der Waals surface area (Å²) < 4.78 is 11.3. The molecule has 20 heavy (non-hydrogen) atoms. The van der Waals surface area contributed by atoms with Crippen molar-refractivity contribution >= 4 is 0 Å². The van der Waals surface area contributed by atoms with Crippen LogP contribution < -0.4 is 5.32 Å². The lowest BCUT2D eigenvalue weighted by molar-refractivity contribution is 0.0792. The van der Waals surface area contributed by atoms with Gasteiger partial charge < -0.3 is 14.5 Å². The first-order chi connectivity index (χ1) is 9.56. The van der Waals surface area contributed by atoms with Crippen molar-refractivity contribution in [2.75, 3.05) is 20.2 Å². The summed E-state index contributed by atoms with van der Waals surface area (Å²) in [4.78, 5) is 2.34. The fourth-order valence-electron chi connectivity index (χ4n) is 2.77. The van der Waals surface area contributed by atoms with Gasteiger partial charge in [-0.2, -0.15) is 0 Å². The lowest BCUT2D eigenvalue weighted by Gasteiger charge is -2.25. The number of ether oxygens (including phenoxy) is 1. The molecule has 1 aromatic heterocycles. The van der Waals surface area contributed by atoms with Crippen molar-refractivity contribution in [3.8, 4) is 0 Å². The van der Waals surface area contributed by atoms with E-state index < -0.39 is 0 Å². The summed E-state index contributed by atoms with van der Waals surface area (Å²) in [7, 11) is 2.15. The van der Waals surface area contributed by atoms with Crippen LogP contribution in [0.25, 0.3) is 0 Å². The van der Waals surface area contributed by atoms with Crippen molar-refractivity contribution in [3.05, 3.63) is 23.7 Å². The van der Waals surface area contributed by atoms with Crippen LogP contribution in [0.2, 0.25) is 0 Å². The van der Waals surface area contributed by atoms with E-state index in [2.05, 4.69) is 44.1 Å². The van der Waals surface area contributed by atoms with Crippen molar-refractivity contribution in [2.45, 2.75) is 52.4 Å². The zero-order valence-electron chi connectivity index (χ0n) is 13.2. The number of nitrogens with one attached hydrogen (secondary N) is 1. The van der Waals surface area contributed by atoms with E-state index in [9.17, 15) is 0 Å². The number of furan rings is 1. The lowest BCUT2D eigenvalue weighted by atomic mass is 10.1. The molecule has 0 bridgehead atoms. The molecular formula is C16H28N2O2. The van der Waals surface area contributed by atoms with Gasteiger partial charge >= 0.3 is 0 Å². The molecular weight excluding hydrogens is 252 g/mol. The highest BCUT2D eigenvalue weighted by molar-refractivity contribution is 5.12. The first-order valence-electron chi connectivity index (χ1n) is 7.65. The molecule has 0 radical (unpaired) electrons. The minimum atomic E-state index is 0.321. The molecule has 1 aliphatic rings. The number of nitrogens with zero attached hydrogens (tertiary/aromatic N) is 1. The van der Waals surface area contributed by atoms with Gasteiger partial charge in [0.05, 0.1) is 18.9 Å². The van der Waals surface area contributed by atoms with Gasteiger partial charge in [0, 0.05) is 24.8 Å². The average molecular weight is 280 g/mol. The van der Waals surface area contributed by atoms with E-state index in [0.29, 0.717) is 18.1 Å². The lowest BCUT2D eigenvalue weighted by Crippen LogP contribution is -2.36. The van der Waals surface area contributed by atoms with E-state index in [4.69, 9.17) is 9.15 Å². The molecule has 1 N–H and O–H groups in total. The maximum absolute atomic E-state index is 5.67. The molecule has 0 aliphatic carbocycles. The Bertz CT molecular complexity index is 403. The van der Waals surface area contributed by atoms with Crippen molar-refractivity contribution in [1.29, 1.82) is 0 Å². The molecule has 2 rings (SSSR count). The Morgan fingerprint density at radius 3 is 2.90 bits per heavy atom. The molecule has 0 aromatic carbocycles. The monoisotopic (exact) mass is 280 g/mol. The fraction of sp³-hybridized carbons (Fsp3) is 0.750. The van der Waals surface area contributed by atoms with E-state index in [-0.39, 0.29) is 0 Å². The van der Waals surface area contributed by atoms with E-state index in [1.807, 2.05) is 6.26 Å². The largest absolute Gasteiger partial charge is 0.468 e.